The van der Waals surface area contributed by atoms with Crippen molar-refractivity contribution in [1.82, 2.24) is 10.2 Å². The van der Waals surface area contributed by atoms with Gasteiger partial charge in [0.05, 0.1) is 16.6 Å². The molecule has 0 bridgehead atoms. The average molecular weight is 303 g/mol. The summed E-state index contributed by atoms with van der Waals surface area (Å²) in [6.45, 7) is 0. The first-order chi connectivity index (χ1) is 9.45. The lowest BCUT2D eigenvalue weighted by molar-refractivity contribution is -0.733. The van der Waals surface area contributed by atoms with Crippen molar-refractivity contribution in [1.29, 1.82) is 0 Å². The molecule has 1 aromatic carbocycles. The molecule has 1 N–H and O–H groups in total. The Morgan fingerprint density at radius 3 is 2.55 bits per heavy atom. The highest BCUT2D eigenvalue weighted by molar-refractivity contribution is 7.99. The molecule has 0 saturated carbocycles. The Morgan fingerprint density at radius 1 is 1.20 bits per heavy atom. The fourth-order valence-corrected chi connectivity index (χ4v) is 2.58. The molecule has 0 amide bonds. The molecule has 0 atom stereocenters. The van der Waals surface area contributed by atoms with E-state index in [1.807, 2.05) is 5.10 Å². The number of hydrogen-bond acceptors (Lipinski definition) is 3. The maximum absolute atomic E-state index is 12.8. The summed E-state index contributed by atoms with van der Waals surface area (Å²) in [5.41, 5.74) is 1.01. The van der Waals surface area contributed by atoms with E-state index in [1.165, 1.54) is 24.3 Å². The van der Waals surface area contributed by atoms with Gasteiger partial charge < -0.3 is 0 Å². The molecule has 1 aliphatic rings. The average Bonchev–Trinajstić information content (AvgIpc) is 2.82. The predicted molar refractivity (Wildman–Crippen MR) is 62.8 cm³/mol. The largest absolute Gasteiger partial charge is 0.483 e. The maximum Gasteiger partial charge on any atom is 0.483 e. The Hall–Kier alpha value is -1.90. The van der Waals surface area contributed by atoms with Gasteiger partial charge in [-0.25, -0.2) is 4.39 Å². The molecule has 4 nitrogen and oxygen atoms in total. The highest BCUT2D eigenvalue weighted by atomic mass is 32.2. The molecule has 0 unspecified atom stereocenters. The van der Waals surface area contributed by atoms with Gasteiger partial charge in [-0.2, -0.15) is 13.2 Å². The van der Waals surface area contributed by atoms with E-state index in [9.17, 15) is 17.6 Å². The Morgan fingerprint density at radius 2 is 1.90 bits per heavy atom. The number of thioether (sulfide) groups is 1. The third-order valence-corrected chi connectivity index (χ3v) is 3.60. The lowest BCUT2D eigenvalue weighted by atomic mass is 10.1. The highest BCUT2D eigenvalue weighted by Gasteiger charge is 2.45. The zero-order valence-corrected chi connectivity index (χ0v) is 10.6. The van der Waals surface area contributed by atoms with Crippen LogP contribution in [0.1, 0.15) is 11.4 Å². The zero-order chi connectivity index (χ0) is 14.3. The summed E-state index contributed by atoms with van der Waals surface area (Å²) < 4.78 is 51.9. The minimum absolute atomic E-state index is 0.142. The summed E-state index contributed by atoms with van der Waals surface area (Å²) in [7, 11) is 0. The van der Waals surface area contributed by atoms with Crippen LogP contribution in [0.4, 0.5) is 17.6 Å². The van der Waals surface area contributed by atoms with Crippen LogP contribution in [0.2, 0.25) is 0 Å². The van der Waals surface area contributed by atoms with Crippen molar-refractivity contribution in [3.63, 3.8) is 0 Å². The van der Waals surface area contributed by atoms with Crippen molar-refractivity contribution in [3.05, 3.63) is 41.5 Å². The fraction of sp³-hybridized carbons (Fsp3) is 0.182. The number of benzene rings is 1. The third kappa shape index (κ3) is 2.28. The normalized spacial score (nSPS) is 14.9. The fourth-order valence-electron chi connectivity index (χ4n) is 1.73. The summed E-state index contributed by atoms with van der Waals surface area (Å²) in [6, 6.07) is 5.44. The molecule has 0 fully saturated rings. The number of aromatic nitrogens is 3. The molecule has 0 radical (unpaired) electrons. The number of nitrogens with one attached hydrogen (secondary N) is 1. The molecule has 0 saturated heterocycles. The lowest BCUT2D eigenvalue weighted by Gasteiger charge is -2.09. The van der Waals surface area contributed by atoms with Gasteiger partial charge in [-0.1, -0.05) is 16.8 Å². The number of rotatable bonds is 1. The van der Waals surface area contributed by atoms with Gasteiger partial charge in [0, 0.05) is 5.56 Å². The summed E-state index contributed by atoms with van der Waals surface area (Å²) >= 11 is 1.13. The van der Waals surface area contributed by atoms with Crippen LogP contribution in [0.5, 0.6) is 0 Å². The van der Waals surface area contributed by atoms with Gasteiger partial charge in [-0.15, -0.1) is 10.2 Å². The van der Waals surface area contributed by atoms with Gasteiger partial charge in [0.15, 0.2) is 0 Å². The third-order valence-electron chi connectivity index (χ3n) is 2.66. The van der Waals surface area contributed by atoms with Crippen molar-refractivity contribution < 1.29 is 22.2 Å². The van der Waals surface area contributed by atoms with Crippen LogP contribution < -0.4 is 4.68 Å². The first kappa shape index (κ1) is 13.1. The number of alkyl halides is 3. The van der Waals surface area contributed by atoms with Crippen LogP contribution >= 0.6 is 11.8 Å². The Balaban J connectivity index is 2.05. The highest BCUT2D eigenvalue weighted by Crippen LogP contribution is 2.28. The van der Waals surface area contributed by atoms with Gasteiger partial charge in [-0.05, 0) is 23.9 Å². The Bertz CT molecular complexity index is 675. The predicted octanol–water partition coefficient (Wildman–Crippen LogP) is 2.21. The van der Waals surface area contributed by atoms with E-state index >= 15 is 0 Å². The standard InChI is InChI=1S/C11H6F4N4S/c12-7-3-1-6(2-4-7)8-5-20-10-17-16-9(11(13,14)15)19(10)18-8/h1-4H,5H2/p+1. The van der Waals surface area contributed by atoms with Gasteiger partial charge in [-0.3, -0.25) is 0 Å². The van der Waals surface area contributed by atoms with Crippen molar-refractivity contribution in [2.24, 2.45) is 5.10 Å². The van der Waals surface area contributed by atoms with Crippen LogP contribution in [0.25, 0.3) is 0 Å². The van der Waals surface area contributed by atoms with Gasteiger partial charge in [0.1, 0.15) is 5.82 Å². The van der Waals surface area contributed by atoms with Crippen LogP contribution in [-0.4, -0.2) is 21.7 Å². The number of nitrogens with zero attached hydrogens (tertiary/aromatic N) is 3. The lowest BCUT2D eigenvalue weighted by Crippen LogP contribution is -2.41. The monoisotopic (exact) mass is 303 g/mol. The van der Waals surface area contributed by atoms with E-state index < -0.39 is 17.8 Å². The maximum atomic E-state index is 12.8. The van der Waals surface area contributed by atoms with Crippen molar-refractivity contribution in [2.75, 3.05) is 5.75 Å². The quantitative estimate of drug-likeness (QED) is 0.648. The molecular weight excluding hydrogens is 296 g/mol. The summed E-state index contributed by atoms with van der Waals surface area (Å²) in [5, 5.41) is 9.61. The minimum atomic E-state index is -4.57. The van der Waals surface area contributed by atoms with E-state index in [1.54, 1.807) is 0 Å². The van der Waals surface area contributed by atoms with E-state index in [0.29, 0.717) is 17.0 Å². The molecule has 2 aromatic rings. The van der Waals surface area contributed by atoms with Gasteiger partial charge in [0.25, 0.3) is 0 Å². The second-order valence-corrected chi connectivity index (χ2v) is 4.95. The summed E-state index contributed by atoms with van der Waals surface area (Å²) in [6.07, 6.45) is -4.57. The topological polar surface area (TPSA) is 44.9 Å². The molecule has 1 aliphatic heterocycles. The minimum Gasteiger partial charge on any atom is -0.207 e. The van der Waals surface area contributed by atoms with Crippen molar-refractivity contribution in [3.8, 4) is 0 Å². The molecule has 3 rings (SSSR count). The smallest absolute Gasteiger partial charge is 0.207 e. The second kappa shape index (κ2) is 4.58. The van der Waals surface area contributed by atoms with Crippen LogP contribution in [0.15, 0.2) is 34.5 Å². The number of halogens is 4. The van der Waals surface area contributed by atoms with Crippen LogP contribution in [0.3, 0.4) is 0 Å². The number of fused-ring (bicyclic) bond motifs is 1. The number of H-pyrrole nitrogens is 1. The van der Waals surface area contributed by atoms with E-state index in [4.69, 9.17) is 0 Å². The molecule has 0 spiro atoms. The van der Waals surface area contributed by atoms with Crippen LogP contribution in [0, 0.1) is 5.82 Å². The molecular formula is C11H7F4N4S+. The number of hydrogen-bond donors (Lipinski definition) is 1. The number of aromatic amines is 1. The van der Waals surface area contributed by atoms with Crippen molar-refractivity contribution >= 4 is 17.5 Å². The molecule has 0 aliphatic carbocycles. The molecule has 9 heteroatoms. The van der Waals surface area contributed by atoms with Crippen LogP contribution in [-0.2, 0) is 6.18 Å². The second-order valence-electron chi connectivity index (χ2n) is 4.01. The van der Waals surface area contributed by atoms with E-state index in [0.717, 1.165) is 16.4 Å². The van der Waals surface area contributed by atoms with E-state index in [2.05, 4.69) is 10.2 Å². The summed E-state index contributed by atoms with van der Waals surface area (Å²) in [5.74, 6) is -1.09. The van der Waals surface area contributed by atoms with Gasteiger partial charge >= 0.3 is 17.2 Å². The molecule has 104 valence electrons. The Kier molecular flexibility index (Phi) is 3.00. The Labute approximate surface area is 114 Å². The van der Waals surface area contributed by atoms with Crippen molar-refractivity contribution in [2.45, 2.75) is 11.3 Å². The first-order valence-electron chi connectivity index (χ1n) is 5.49. The zero-order valence-electron chi connectivity index (χ0n) is 9.78. The van der Waals surface area contributed by atoms with E-state index in [-0.39, 0.29) is 5.16 Å². The molecule has 1 aromatic heterocycles. The van der Waals surface area contributed by atoms with Gasteiger partial charge in [0.2, 0.25) is 0 Å². The first-order valence-corrected chi connectivity index (χ1v) is 6.48. The summed E-state index contributed by atoms with van der Waals surface area (Å²) in [4.78, 5) is 0. The SMILES string of the molecule is Fc1ccc(C2=N[n+]3c(n[nH]c3C(F)(F)F)SC2)cc1. The molecule has 2 heterocycles. The molecule has 20 heavy (non-hydrogen) atoms.